The number of nitrogens with zero attached hydrogens (tertiary/aromatic N) is 4. The van der Waals surface area contributed by atoms with Gasteiger partial charge in [0.15, 0.2) is 23.1 Å². The molecule has 0 unspecified atom stereocenters. The van der Waals surface area contributed by atoms with Crippen molar-refractivity contribution in [1.82, 2.24) is 19.9 Å². The number of para-hydroxylation sites is 2. The van der Waals surface area contributed by atoms with Gasteiger partial charge in [-0.3, -0.25) is 0 Å². The van der Waals surface area contributed by atoms with E-state index in [2.05, 4.69) is 84.9 Å². The molecule has 0 amide bonds. The predicted octanol–water partition coefficient (Wildman–Crippen LogP) is 10.7. The van der Waals surface area contributed by atoms with Crippen molar-refractivity contribution in [2.24, 2.45) is 0 Å². The fourth-order valence-corrected chi connectivity index (χ4v) is 7.06. The van der Waals surface area contributed by atoms with E-state index in [1.54, 1.807) is 11.3 Å². The van der Waals surface area contributed by atoms with Gasteiger partial charge in [0.05, 0.1) is 0 Å². The van der Waals surface area contributed by atoms with E-state index in [0.717, 1.165) is 60.0 Å². The van der Waals surface area contributed by atoms with Crippen LogP contribution in [-0.2, 0) is 0 Å². The van der Waals surface area contributed by atoms with Gasteiger partial charge in [0, 0.05) is 42.4 Å². The van der Waals surface area contributed by atoms with Crippen molar-refractivity contribution in [3.63, 3.8) is 0 Å². The standard InChI is InChI=1S/C40H24N4OS/c1-3-11-25(12-4-1)27-15-9-16-28(23-27)38-42-37(26-13-5-2-6-14-26)43-39(44-38)30-17-10-20-35-36(30)31-24-29(21-22-34(31)46-35)40-41-32-18-7-8-19-33(32)45-40/h1-24H. The molecule has 6 heteroatoms. The van der Waals surface area contributed by atoms with E-state index in [9.17, 15) is 0 Å². The second-order valence-corrected chi connectivity index (χ2v) is 12.2. The number of hydrogen-bond acceptors (Lipinski definition) is 6. The first kappa shape index (κ1) is 26.4. The van der Waals surface area contributed by atoms with E-state index in [4.69, 9.17) is 24.4 Å². The molecule has 46 heavy (non-hydrogen) atoms. The highest BCUT2D eigenvalue weighted by atomic mass is 32.1. The Labute approximate surface area is 268 Å². The summed E-state index contributed by atoms with van der Waals surface area (Å²) in [6.07, 6.45) is 0. The Hall–Kier alpha value is -5.98. The lowest BCUT2D eigenvalue weighted by atomic mass is 10.0. The van der Waals surface area contributed by atoms with E-state index < -0.39 is 0 Å². The average molecular weight is 609 g/mol. The van der Waals surface area contributed by atoms with Crippen molar-refractivity contribution in [2.75, 3.05) is 0 Å². The summed E-state index contributed by atoms with van der Waals surface area (Å²) in [4.78, 5) is 20.0. The number of fused-ring (bicyclic) bond motifs is 4. The Morgan fingerprint density at radius 3 is 1.93 bits per heavy atom. The van der Waals surface area contributed by atoms with E-state index >= 15 is 0 Å². The van der Waals surface area contributed by atoms with Gasteiger partial charge in [-0.05, 0) is 53.6 Å². The molecule has 0 N–H and O–H groups in total. The highest BCUT2D eigenvalue weighted by Gasteiger charge is 2.18. The lowest BCUT2D eigenvalue weighted by Crippen LogP contribution is -2.00. The van der Waals surface area contributed by atoms with Crippen LogP contribution in [0.3, 0.4) is 0 Å². The zero-order valence-corrected chi connectivity index (χ0v) is 25.3. The van der Waals surface area contributed by atoms with Crippen molar-refractivity contribution in [3.8, 4) is 56.7 Å². The number of hydrogen-bond donors (Lipinski definition) is 0. The molecule has 0 atom stereocenters. The predicted molar refractivity (Wildman–Crippen MR) is 187 cm³/mol. The number of rotatable bonds is 5. The van der Waals surface area contributed by atoms with Crippen LogP contribution in [0.15, 0.2) is 150 Å². The third kappa shape index (κ3) is 4.64. The van der Waals surface area contributed by atoms with E-state index in [1.165, 1.54) is 4.70 Å². The summed E-state index contributed by atoms with van der Waals surface area (Å²) in [5.74, 6) is 2.50. The van der Waals surface area contributed by atoms with E-state index in [-0.39, 0.29) is 0 Å². The molecule has 0 bridgehead atoms. The summed E-state index contributed by atoms with van der Waals surface area (Å²) in [6.45, 7) is 0. The maximum absolute atomic E-state index is 6.14. The molecule has 5 nitrogen and oxygen atoms in total. The molecule has 0 aliphatic rings. The van der Waals surface area contributed by atoms with Crippen LogP contribution in [0.4, 0.5) is 0 Å². The van der Waals surface area contributed by atoms with Gasteiger partial charge in [0.1, 0.15) is 5.52 Å². The first-order valence-corrected chi connectivity index (χ1v) is 15.9. The number of aromatic nitrogens is 4. The Bertz CT molecular complexity index is 2500. The van der Waals surface area contributed by atoms with Gasteiger partial charge < -0.3 is 4.42 Å². The van der Waals surface area contributed by atoms with Gasteiger partial charge in [-0.2, -0.15) is 0 Å². The molecule has 3 aromatic heterocycles. The summed E-state index contributed by atoms with van der Waals surface area (Å²) in [5, 5.41) is 2.22. The van der Waals surface area contributed by atoms with Crippen LogP contribution in [0.2, 0.25) is 0 Å². The third-order valence-corrected chi connectivity index (χ3v) is 9.31. The fraction of sp³-hybridized carbons (Fsp3) is 0. The van der Waals surface area contributed by atoms with E-state index in [0.29, 0.717) is 23.4 Å². The summed E-state index contributed by atoms with van der Waals surface area (Å²) in [6, 6.07) is 49.5. The van der Waals surface area contributed by atoms with Crippen LogP contribution in [0.5, 0.6) is 0 Å². The molecule has 0 saturated carbocycles. The molecular formula is C40H24N4OS. The second kappa shape index (κ2) is 10.9. The van der Waals surface area contributed by atoms with Gasteiger partial charge in [-0.1, -0.05) is 103 Å². The Morgan fingerprint density at radius 2 is 1.11 bits per heavy atom. The van der Waals surface area contributed by atoms with Crippen molar-refractivity contribution < 1.29 is 4.42 Å². The molecule has 0 aliphatic heterocycles. The molecule has 0 aliphatic carbocycles. The smallest absolute Gasteiger partial charge is 0.227 e. The summed E-state index contributed by atoms with van der Waals surface area (Å²) in [7, 11) is 0. The molecule has 0 saturated heterocycles. The van der Waals surface area contributed by atoms with Crippen LogP contribution in [0.25, 0.3) is 88.0 Å². The first-order valence-electron chi connectivity index (χ1n) is 15.1. The van der Waals surface area contributed by atoms with Crippen molar-refractivity contribution in [2.45, 2.75) is 0 Å². The van der Waals surface area contributed by atoms with Crippen molar-refractivity contribution in [3.05, 3.63) is 146 Å². The monoisotopic (exact) mass is 608 g/mol. The quantitative estimate of drug-likeness (QED) is 0.194. The zero-order chi connectivity index (χ0) is 30.5. The Morgan fingerprint density at radius 1 is 0.435 bits per heavy atom. The summed E-state index contributed by atoms with van der Waals surface area (Å²) < 4.78 is 8.48. The maximum atomic E-state index is 6.14. The number of thiophene rings is 1. The zero-order valence-electron chi connectivity index (χ0n) is 24.5. The lowest BCUT2D eigenvalue weighted by molar-refractivity contribution is 0.620. The molecule has 3 heterocycles. The minimum atomic E-state index is 0.604. The molecular weight excluding hydrogens is 585 g/mol. The molecule has 9 rings (SSSR count). The summed E-state index contributed by atoms with van der Waals surface area (Å²) in [5.41, 5.74) is 7.63. The average Bonchev–Trinajstić information content (AvgIpc) is 3.74. The van der Waals surface area contributed by atoms with Crippen LogP contribution >= 0.6 is 11.3 Å². The van der Waals surface area contributed by atoms with Crippen molar-refractivity contribution in [1.29, 1.82) is 0 Å². The fourth-order valence-electron chi connectivity index (χ4n) is 5.95. The highest BCUT2D eigenvalue weighted by molar-refractivity contribution is 7.26. The molecule has 0 spiro atoms. The normalized spacial score (nSPS) is 11.5. The van der Waals surface area contributed by atoms with E-state index in [1.807, 2.05) is 60.7 Å². The molecule has 9 aromatic rings. The van der Waals surface area contributed by atoms with Gasteiger partial charge in [0.2, 0.25) is 5.89 Å². The Balaban J connectivity index is 1.25. The Kier molecular flexibility index (Phi) is 6.25. The molecule has 216 valence electrons. The third-order valence-electron chi connectivity index (χ3n) is 8.17. The number of oxazole rings is 1. The van der Waals surface area contributed by atoms with Gasteiger partial charge >= 0.3 is 0 Å². The van der Waals surface area contributed by atoms with Crippen LogP contribution in [0.1, 0.15) is 0 Å². The number of benzene rings is 6. The van der Waals surface area contributed by atoms with Crippen LogP contribution < -0.4 is 0 Å². The highest BCUT2D eigenvalue weighted by Crippen LogP contribution is 2.41. The van der Waals surface area contributed by atoms with Gasteiger partial charge in [-0.15, -0.1) is 11.3 Å². The minimum absolute atomic E-state index is 0.604. The second-order valence-electron chi connectivity index (χ2n) is 11.1. The minimum Gasteiger partial charge on any atom is -0.436 e. The topological polar surface area (TPSA) is 64.7 Å². The SMILES string of the molecule is c1ccc(-c2cccc(-c3nc(-c4ccccc4)nc(-c4cccc5sc6ccc(-c7nc8ccccc8o7)cc6c45)n3)c2)cc1. The van der Waals surface area contributed by atoms with Gasteiger partial charge in [0.25, 0.3) is 0 Å². The molecule has 6 aromatic carbocycles. The lowest BCUT2D eigenvalue weighted by Gasteiger charge is -2.10. The maximum Gasteiger partial charge on any atom is 0.227 e. The van der Waals surface area contributed by atoms with Crippen LogP contribution in [0, 0.1) is 0 Å². The summed E-state index contributed by atoms with van der Waals surface area (Å²) >= 11 is 1.76. The first-order chi connectivity index (χ1) is 22.8. The molecule has 0 radical (unpaired) electrons. The van der Waals surface area contributed by atoms with Crippen molar-refractivity contribution >= 4 is 42.6 Å². The molecule has 0 fully saturated rings. The largest absolute Gasteiger partial charge is 0.436 e. The van der Waals surface area contributed by atoms with Crippen LogP contribution in [-0.4, -0.2) is 19.9 Å². The van der Waals surface area contributed by atoms with Gasteiger partial charge in [-0.25, -0.2) is 19.9 Å².